The molecule has 7 N–H and O–H groups in total. The van der Waals surface area contributed by atoms with Gasteiger partial charge in [0.05, 0.1) is 82.3 Å². The first-order valence-corrected chi connectivity index (χ1v) is 33.2. The van der Waals surface area contributed by atoms with E-state index in [0.29, 0.717) is 55.5 Å². The van der Waals surface area contributed by atoms with Gasteiger partial charge in [-0.25, -0.2) is 9.59 Å². The van der Waals surface area contributed by atoms with E-state index in [9.17, 15) is 28.8 Å². The van der Waals surface area contributed by atoms with E-state index in [1.807, 2.05) is 131 Å². The summed E-state index contributed by atoms with van der Waals surface area (Å²) in [5.41, 5.74) is 16.7. The van der Waals surface area contributed by atoms with E-state index in [2.05, 4.69) is 95.1 Å². The lowest BCUT2D eigenvalue weighted by molar-refractivity contribution is 0.00578. The number of nitrogens with zero attached hydrogens (tertiary/aromatic N) is 6. The van der Waals surface area contributed by atoms with Gasteiger partial charge < -0.3 is 69.2 Å². The SMILES string of the molecule is CNC(=O)Nc1ccc2c(c1)C(=O)/C(=C/c1c(-c3c(C)nn(C)c3C)[nH]c3ccc(OC)cc13)O2.CNC(=O)Nc1ccc2c(c1)C(=O)CO2.COc1ccc2[nH]c(-c3c(C)nn(C)c3C)c(C=O)c2c1.COc1ccc2[nH]c(Br)c(C=O)c2c1.Cc1nn(C)c(C)c1B1OC(C)(C)C(C)(C)O1. The second kappa shape index (κ2) is 29.9. The molecule has 9 heterocycles. The van der Waals surface area contributed by atoms with Crippen LogP contribution in [0.1, 0.15) is 109 Å². The van der Waals surface area contributed by atoms with Gasteiger partial charge >= 0.3 is 19.2 Å². The summed E-state index contributed by atoms with van der Waals surface area (Å²) in [7, 11) is 13.3. The van der Waals surface area contributed by atoms with Gasteiger partial charge in [-0.3, -0.25) is 33.2 Å². The van der Waals surface area contributed by atoms with Crippen LogP contribution in [0.5, 0.6) is 28.7 Å². The predicted octanol–water partition coefficient (Wildman–Crippen LogP) is 12.7. The lowest BCUT2D eigenvalue weighted by Crippen LogP contribution is -2.41. The van der Waals surface area contributed by atoms with Crippen LogP contribution in [0.15, 0.2) is 101 Å². The summed E-state index contributed by atoms with van der Waals surface area (Å²) in [5, 5.41) is 26.2. The number of aryl methyl sites for hydroxylation is 6. The van der Waals surface area contributed by atoms with Crippen LogP contribution in [0.3, 0.4) is 0 Å². The number of aldehydes is 2. The average Bonchev–Trinajstić information content (AvgIpc) is 1.61. The number of urea groups is 2. The summed E-state index contributed by atoms with van der Waals surface area (Å²) in [6, 6.07) is 26.3. The Hall–Kier alpha value is -11.2. The summed E-state index contributed by atoms with van der Waals surface area (Å²) in [6.45, 7) is 20.3. The Kier molecular flexibility index (Phi) is 21.6. The number of anilines is 2. The van der Waals surface area contributed by atoms with Gasteiger partial charge in [-0.2, -0.15) is 15.3 Å². The maximum atomic E-state index is 13.3. The van der Waals surface area contributed by atoms with Crippen molar-refractivity contribution in [1.29, 1.82) is 0 Å². The molecule has 0 spiro atoms. The fourth-order valence-electron chi connectivity index (χ4n) is 12.0. The zero-order chi connectivity index (χ0) is 74.0. The van der Waals surface area contributed by atoms with Gasteiger partial charge in [0.2, 0.25) is 11.6 Å². The molecule has 1 fully saturated rings. The summed E-state index contributed by atoms with van der Waals surface area (Å²) in [5.74, 6) is 3.06. The normalized spacial score (nSPS) is 14.0. The summed E-state index contributed by atoms with van der Waals surface area (Å²) in [6.07, 6.45) is 3.47. The van der Waals surface area contributed by atoms with Crippen molar-refractivity contribution in [2.24, 2.45) is 21.1 Å². The van der Waals surface area contributed by atoms with Gasteiger partial charge in [0.15, 0.2) is 24.9 Å². The monoisotopic (exact) mass is 1450 g/mol. The first kappa shape index (κ1) is 73.5. The zero-order valence-electron chi connectivity index (χ0n) is 60.0. The number of hydrogen-bond acceptors (Lipinski definition) is 16. The third kappa shape index (κ3) is 14.7. The number of amides is 4. The van der Waals surface area contributed by atoms with Crippen molar-refractivity contribution in [3.8, 4) is 51.3 Å². The van der Waals surface area contributed by atoms with Crippen LogP contribution in [0.25, 0.3) is 61.3 Å². The van der Waals surface area contributed by atoms with E-state index in [-0.39, 0.29) is 54.3 Å². The number of H-pyrrole nitrogens is 3. The fourth-order valence-corrected chi connectivity index (χ4v) is 12.5. The maximum Gasteiger partial charge on any atom is 0.498 e. The van der Waals surface area contributed by atoms with E-state index in [4.69, 9.17) is 33.0 Å². The Labute approximate surface area is 597 Å². The number of benzene rings is 5. The molecule has 28 heteroatoms. The van der Waals surface area contributed by atoms with Gasteiger partial charge in [0.25, 0.3) is 0 Å². The minimum Gasteiger partial charge on any atom is -0.497 e. The lowest BCUT2D eigenvalue weighted by Gasteiger charge is -2.32. The summed E-state index contributed by atoms with van der Waals surface area (Å²) < 4.78 is 45.2. The van der Waals surface area contributed by atoms with Crippen molar-refractivity contribution in [1.82, 2.24) is 54.9 Å². The van der Waals surface area contributed by atoms with E-state index in [0.717, 1.165) is 124 Å². The summed E-state index contributed by atoms with van der Waals surface area (Å²) >= 11 is 3.29. The van der Waals surface area contributed by atoms with Crippen LogP contribution >= 0.6 is 15.9 Å². The number of rotatable bonds is 11. The number of aromatic amines is 3. The Bertz CT molecular complexity index is 5130. The molecule has 530 valence electrons. The van der Waals surface area contributed by atoms with E-state index < -0.39 is 0 Å². The van der Waals surface area contributed by atoms with Gasteiger partial charge in [-0.15, -0.1) is 0 Å². The second-order valence-corrected chi connectivity index (χ2v) is 26.1. The van der Waals surface area contributed by atoms with Crippen LogP contribution in [0.2, 0.25) is 0 Å². The minimum absolute atomic E-state index is 0.0643. The van der Waals surface area contributed by atoms with Crippen molar-refractivity contribution in [2.75, 3.05) is 52.7 Å². The standard InChI is InChI=1S/C26H25N5O4.C16H17N3O2.C12H21BN2O2.C10H8BrNO2.C10H10N2O3/c1-13-23(14(2)31(4)30-13)24-18(17-11-16(34-5)7-8-20(17)29-24)12-22-25(32)19-10-15(28-26(33)27-3)6-9-21(19)35-22;1-9-15(10(2)19(3)18-9)16-13(8-20)12-7-11(21-4)5-6-14(12)17-16;1-8-10(9(2)15(7)14-8)13-16-11(3,4)12(5,6)17-13;1-14-6-2-3-9-7(4-6)8(5-13)10(11)12-9;1-11-10(14)12-6-2-3-9-7(4-6)8(13)5-15-9/h6-12,29H,1-5H3,(H2,27,28,33);5-8,17H,1-4H3;1-7H3;2-5,12H,1H3;2-4H,5H2,1H3,(H2,11,12,14)/b22-12-;;;;. The van der Waals surface area contributed by atoms with Crippen molar-refractivity contribution < 1.29 is 61.8 Å². The molecular weight excluding hydrogens is 1370 g/mol. The number of Topliss-reactive ketones (excluding diaryl/α,β-unsaturated/α-hetero) is 2. The molecule has 3 aliphatic rings. The highest BCUT2D eigenvalue weighted by atomic mass is 79.9. The third-order valence-corrected chi connectivity index (χ3v) is 19.1. The van der Waals surface area contributed by atoms with Crippen LogP contribution in [0, 0.1) is 41.5 Å². The number of carbonyl (C=O) groups excluding carboxylic acids is 6. The molecule has 6 aromatic heterocycles. The molecule has 11 aromatic rings. The highest BCUT2D eigenvalue weighted by Crippen LogP contribution is 2.42. The van der Waals surface area contributed by atoms with Crippen molar-refractivity contribution >= 4 is 115 Å². The van der Waals surface area contributed by atoms with Crippen LogP contribution in [-0.4, -0.2) is 141 Å². The number of allylic oxidation sites excluding steroid dienone is 1. The second-order valence-electron chi connectivity index (χ2n) is 25.3. The molecule has 4 amide bonds. The first-order valence-electron chi connectivity index (χ1n) is 32.4. The van der Waals surface area contributed by atoms with Crippen LogP contribution in [0.4, 0.5) is 21.0 Å². The number of halogens is 1. The van der Waals surface area contributed by atoms with Crippen LogP contribution < -0.4 is 50.4 Å². The first-order chi connectivity index (χ1) is 48.5. The molecular formula is C74H81BBrN13O13. The molecule has 0 saturated carbocycles. The van der Waals surface area contributed by atoms with E-state index >= 15 is 0 Å². The fraction of sp³-hybridized carbons (Fsp3) is 0.284. The molecule has 0 aliphatic carbocycles. The highest BCUT2D eigenvalue weighted by molar-refractivity contribution is 9.10. The van der Waals surface area contributed by atoms with E-state index in [1.54, 1.807) is 63.8 Å². The number of aromatic nitrogens is 9. The molecule has 1 saturated heterocycles. The van der Waals surface area contributed by atoms with Gasteiger partial charge in [0.1, 0.15) is 28.7 Å². The molecule has 5 aromatic carbocycles. The Morgan fingerprint density at radius 1 is 0.569 bits per heavy atom. The number of ketones is 2. The topological polar surface area (TPSA) is 316 Å². The number of methoxy groups -OCH3 is 3. The number of carbonyl (C=O) groups is 6. The number of ether oxygens (including phenoxy) is 5. The number of fused-ring (bicyclic) bond motifs is 5. The molecule has 0 unspecified atom stereocenters. The molecule has 0 radical (unpaired) electrons. The Balaban J connectivity index is 0.000000145. The third-order valence-electron chi connectivity index (χ3n) is 18.4. The predicted molar refractivity (Wildman–Crippen MR) is 397 cm³/mol. The average molecular weight is 1450 g/mol. The van der Waals surface area contributed by atoms with Crippen molar-refractivity contribution in [2.45, 2.75) is 80.4 Å². The molecule has 3 aliphatic heterocycles. The Morgan fingerprint density at radius 3 is 1.44 bits per heavy atom. The molecule has 14 rings (SSSR count). The molecule has 0 bridgehead atoms. The molecule has 0 atom stereocenters. The quantitative estimate of drug-likeness (QED) is 0.0359. The molecule has 26 nitrogen and oxygen atoms in total. The van der Waals surface area contributed by atoms with Gasteiger partial charge in [-0.1, -0.05) is 0 Å². The van der Waals surface area contributed by atoms with Gasteiger partial charge in [0, 0.05) is 124 Å². The zero-order valence-corrected chi connectivity index (χ0v) is 61.6. The highest BCUT2D eigenvalue weighted by Gasteiger charge is 2.53. The number of hydrogen-bond donors (Lipinski definition) is 7. The number of nitrogens with one attached hydrogen (secondary N) is 7. The van der Waals surface area contributed by atoms with Crippen LogP contribution in [-0.2, 0) is 30.5 Å². The van der Waals surface area contributed by atoms with E-state index in [1.165, 1.54) is 14.1 Å². The smallest absolute Gasteiger partial charge is 0.497 e. The maximum absolute atomic E-state index is 13.3. The lowest BCUT2D eigenvalue weighted by atomic mass is 9.77. The van der Waals surface area contributed by atoms with Crippen molar-refractivity contribution in [3.63, 3.8) is 0 Å². The summed E-state index contributed by atoms with van der Waals surface area (Å²) in [4.78, 5) is 79.6. The van der Waals surface area contributed by atoms with Crippen molar-refractivity contribution in [3.05, 3.63) is 163 Å². The van der Waals surface area contributed by atoms with Gasteiger partial charge in [-0.05, 0) is 182 Å². The Morgan fingerprint density at radius 2 is 1.00 bits per heavy atom. The minimum atomic E-state index is -0.369. The largest absolute Gasteiger partial charge is 0.498 e. The molecule has 102 heavy (non-hydrogen) atoms.